The summed E-state index contributed by atoms with van der Waals surface area (Å²) in [6.45, 7) is 3.25. The van der Waals surface area contributed by atoms with Crippen LogP contribution in [0.15, 0.2) is 42.6 Å². The lowest BCUT2D eigenvalue weighted by Crippen LogP contribution is -2.04. The van der Waals surface area contributed by atoms with Gasteiger partial charge in [-0.15, -0.1) is 10.2 Å². The van der Waals surface area contributed by atoms with E-state index in [-0.39, 0.29) is 6.42 Å². The monoisotopic (exact) mass is 471 g/mol. The molecule has 166 valence electrons. The Hall–Kier alpha value is -2.90. The number of tetrazole rings is 1. The standard InChI is InChI=1S/C23H23Cl2N5O2/c1-15-5-8-19-17(11-22-26-28-30(27-22)9-3-2-4-23(31)32)14-29(21(19)10-15)13-16-6-7-18(24)12-20(16)25/h5-8,10,12,14H,2-4,9,11,13H2,1H3,(H,31,32). The van der Waals surface area contributed by atoms with Crippen LogP contribution in [0, 0.1) is 6.92 Å². The summed E-state index contributed by atoms with van der Waals surface area (Å²) in [7, 11) is 0. The Morgan fingerprint density at radius 2 is 1.94 bits per heavy atom. The van der Waals surface area contributed by atoms with Crippen molar-refractivity contribution >= 4 is 40.1 Å². The average molecular weight is 472 g/mol. The van der Waals surface area contributed by atoms with Gasteiger partial charge in [0, 0.05) is 46.5 Å². The molecule has 2 aromatic carbocycles. The van der Waals surface area contributed by atoms with E-state index in [1.165, 1.54) is 10.4 Å². The van der Waals surface area contributed by atoms with Crippen LogP contribution in [0.3, 0.4) is 0 Å². The summed E-state index contributed by atoms with van der Waals surface area (Å²) in [5.74, 6) is -0.156. The number of halogens is 2. The molecule has 0 fully saturated rings. The van der Waals surface area contributed by atoms with Crippen LogP contribution in [-0.2, 0) is 24.3 Å². The van der Waals surface area contributed by atoms with E-state index in [0.717, 1.165) is 22.0 Å². The maximum atomic E-state index is 10.6. The largest absolute Gasteiger partial charge is 0.481 e. The first-order valence-corrected chi connectivity index (χ1v) is 11.2. The van der Waals surface area contributed by atoms with E-state index in [4.69, 9.17) is 28.3 Å². The molecule has 2 aromatic heterocycles. The predicted molar refractivity (Wildman–Crippen MR) is 124 cm³/mol. The van der Waals surface area contributed by atoms with Crippen molar-refractivity contribution in [2.24, 2.45) is 0 Å². The maximum absolute atomic E-state index is 10.6. The highest BCUT2D eigenvalue weighted by Gasteiger charge is 2.14. The maximum Gasteiger partial charge on any atom is 0.303 e. The summed E-state index contributed by atoms with van der Waals surface area (Å²) in [6.07, 6.45) is 4.10. The minimum atomic E-state index is -0.788. The molecule has 32 heavy (non-hydrogen) atoms. The minimum Gasteiger partial charge on any atom is -0.481 e. The van der Waals surface area contributed by atoms with Gasteiger partial charge in [0.05, 0.1) is 6.54 Å². The van der Waals surface area contributed by atoms with Crippen molar-refractivity contribution in [3.8, 4) is 0 Å². The van der Waals surface area contributed by atoms with Crippen molar-refractivity contribution in [2.45, 2.75) is 45.7 Å². The first-order valence-electron chi connectivity index (χ1n) is 10.4. The molecule has 0 aliphatic heterocycles. The number of nitrogens with zero attached hydrogens (tertiary/aromatic N) is 5. The number of carboxylic acid groups (broad SMARTS) is 1. The summed E-state index contributed by atoms with van der Waals surface area (Å²) in [5.41, 5.74) is 4.39. The number of fused-ring (bicyclic) bond motifs is 1. The van der Waals surface area contributed by atoms with E-state index in [1.807, 2.05) is 12.1 Å². The minimum absolute atomic E-state index is 0.151. The van der Waals surface area contributed by atoms with Gasteiger partial charge in [-0.1, -0.05) is 41.4 Å². The Bertz CT molecular complexity index is 1260. The highest BCUT2D eigenvalue weighted by atomic mass is 35.5. The number of hydrogen-bond donors (Lipinski definition) is 1. The number of carboxylic acids is 1. The van der Waals surface area contributed by atoms with Gasteiger partial charge in [-0.05, 0) is 59.9 Å². The Morgan fingerprint density at radius 3 is 2.72 bits per heavy atom. The second kappa shape index (κ2) is 9.71. The number of rotatable bonds is 9. The summed E-state index contributed by atoms with van der Waals surface area (Å²) in [5, 5.41) is 23.9. The fraction of sp³-hybridized carbons (Fsp3) is 0.304. The van der Waals surface area contributed by atoms with Crippen molar-refractivity contribution < 1.29 is 9.90 Å². The van der Waals surface area contributed by atoms with Gasteiger partial charge in [0.15, 0.2) is 5.82 Å². The van der Waals surface area contributed by atoms with Gasteiger partial charge in [-0.2, -0.15) is 4.80 Å². The second-order valence-corrected chi connectivity index (χ2v) is 8.71. The van der Waals surface area contributed by atoms with Crippen LogP contribution in [0.2, 0.25) is 10.0 Å². The summed E-state index contributed by atoms with van der Waals surface area (Å²) >= 11 is 12.5. The first kappa shape index (κ1) is 22.3. The van der Waals surface area contributed by atoms with Crippen LogP contribution in [0.1, 0.15) is 41.8 Å². The highest BCUT2D eigenvalue weighted by Crippen LogP contribution is 2.28. The van der Waals surface area contributed by atoms with Gasteiger partial charge in [0.2, 0.25) is 0 Å². The molecule has 0 bridgehead atoms. The Balaban J connectivity index is 1.55. The molecule has 9 heteroatoms. The lowest BCUT2D eigenvalue weighted by atomic mass is 10.1. The Morgan fingerprint density at radius 1 is 1.09 bits per heavy atom. The van der Waals surface area contributed by atoms with Crippen molar-refractivity contribution in [1.82, 2.24) is 24.8 Å². The van der Waals surface area contributed by atoms with E-state index < -0.39 is 5.97 Å². The molecule has 4 rings (SSSR count). The zero-order chi connectivity index (χ0) is 22.7. The topological polar surface area (TPSA) is 85.8 Å². The van der Waals surface area contributed by atoms with Crippen LogP contribution < -0.4 is 0 Å². The van der Waals surface area contributed by atoms with Gasteiger partial charge in [0.25, 0.3) is 0 Å². The number of unbranched alkanes of at least 4 members (excludes halogenated alkanes) is 1. The lowest BCUT2D eigenvalue weighted by molar-refractivity contribution is -0.137. The second-order valence-electron chi connectivity index (χ2n) is 7.87. The molecule has 0 amide bonds. The molecular formula is C23H23Cl2N5O2. The number of benzene rings is 2. The van der Waals surface area contributed by atoms with Crippen LogP contribution in [0.25, 0.3) is 10.9 Å². The van der Waals surface area contributed by atoms with Crippen LogP contribution in [0.5, 0.6) is 0 Å². The number of aryl methyl sites for hydroxylation is 2. The molecular weight excluding hydrogens is 449 g/mol. The SMILES string of the molecule is Cc1ccc2c(Cc3nnn(CCCCC(=O)O)n3)cn(Cc3ccc(Cl)cc3Cl)c2c1. The molecule has 7 nitrogen and oxygen atoms in total. The van der Waals surface area contributed by atoms with Crippen molar-refractivity contribution in [2.75, 3.05) is 0 Å². The van der Waals surface area contributed by atoms with Gasteiger partial charge < -0.3 is 9.67 Å². The molecule has 4 aromatic rings. The number of aliphatic carboxylic acids is 1. The molecule has 2 heterocycles. The van der Waals surface area contributed by atoms with Crippen molar-refractivity contribution in [1.29, 1.82) is 0 Å². The smallest absolute Gasteiger partial charge is 0.303 e. The zero-order valence-electron chi connectivity index (χ0n) is 17.6. The lowest BCUT2D eigenvalue weighted by Gasteiger charge is -2.08. The third-order valence-corrected chi connectivity index (χ3v) is 5.90. The number of aromatic nitrogens is 5. The van der Waals surface area contributed by atoms with E-state index in [2.05, 4.69) is 51.3 Å². The van der Waals surface area contributed by atoms with Gasteiger partial charge in [0.1, 0.15) is 0 Å². The molecule has 0 aliphatic carbocycles. The molecule has 0 saturated carbocycles. The van der Waals surface area contributed by atoms with Gasteiger partial charge in [-0.3, -0.25) is 4.79 Å². The fourth-order valence-corrected chi connectivity index (χ4v) is 4.19. The summed E-state index contributed by atoms with van der Waals surface area (Å²) < 4.78 is 2.18. The Labute approximate surface area is 195 Å². The number of carbonyl (C=O) groups is 1. The van der Waals surface area contributed by atoms with Gasteiger partial charge >= 0.3 is 5.97 Å². The van der Waals surface area contributed by atoms with Crippen molar-refractivity contribution in [3.63, 3.8) is 0 Å². The normalized spacial score (nSPS) is 11.3. The summed E-state index contributed by atoms with van der Waals surface area (Å²) in [6, 6.07) is 11.9. The quantitative estimate of drug-likeness (QED) is 0.341. The average Bonchev–Trinajstić information content (AvgIpc) is 3.32. The van der Waals surface area contributed by atoms with Crippen LogP contribution in [-0.4, -0.2) is 35.9 Å². The third-order valence-electron chi connectivity index (χ3n) is 5.32. The Kier molecular flexibility index (Phi) is 6.77. The van der Waals surface area contributed by atoms with Gasteiger partial charge in [-0.25, -0.2) is 0 Å². The molecule has 0 spiro atoms. The first-order chi connectivity index (χ1) is 15.4. The van der Waals surface area contributed by atoms with Crippen molar-refractivity contribution in [3.05, 3.63) is 75.2 Å². The van der Waals surface area contributed by atoms with Crippen LogP contribution >= 0.6 is 23.2 Å². The van der Waals surface area contributed by atoms with E-state index in [1.54, 1.807) is 6.07 Å². The van der Waals surface area contributed by atoms with E-state index in [0.29, 0.717) is 48.2 Å². The highest BCUT2D eigenvalue weighted by molar-refractivity contribution is 6.35. The third kappa shape index (κ3) is 5.29. The summed E-state index contributed by atoms with van der Waals surface area (Å²) in [4.78, 5) is 12.2. The fourth-order valence-electron chi connectivity index (χ4n) is 3.72. The molecule has 0 unspecified atom stereocenters. The molecule has 0 saturated heterocycles. The molecule has 0 radical (unpaired) electrons. The molecule has 0 atom stereocenters. The molecule has 1 N–H and O–H groups in total. The molecule has 0 aliphatic rings. The zero-order valence-corrected chi connectivity index (χ0v) is 19.1. The predicted octanol–water partition coefficient (Wildman–Crippen LogP) is 5.14. The van der Waals surface area contributed by atoms with Crippen LogP contribution in [0.4, 0.5) is 0 Å². The van der Waals surface area contributed by atoms with E-state index in [9.17, 15) is 4.79 Å². The number of hydrogen-bond acceptors (Lipinski definition) is 4. The van der Waals surface area contributed by atoms with E-state index >= 15 is 0 Å².